The van der Waals surface area contributed by atoms with Crippen molar-refractivity contribution >= 4 is 5.91 Å². The molecule has 0 spiro atoms. The zero-order chi connectivity index (χ0) is 17.6. The molecule has 0 unspecified atom stereocenters. The molecule has 2 atom stereocenters. The van der Waals surface area contributed by atoms with Crippen LogP contribution in [-0.2, 0) is 9.53 Å². The van der Waals surface area contributed by atoms with Crippen molar-refractivity contribution < 1.29 is 14.6 Å². The summed E-state index contributed by atoms with van der Waals surface area (Å²) in [5, 5.41) is 9.73. The molecular formula is C19H35N3O3. The molecule has 3 saturated heterocycles. The van der Waals surface area contributed by atoms with Crippen LogP contribution in [0.5, 0.6) is 0 Å². The van der Waals surface area contributed by atoms with Crippen molar-refractivity contribution in [2.45, 2.75) is 25.7 Å². The van der Waals surface area contributed by atoms with Crippen LogP contribution in [0.2, 0.25) is 0 Å². The van der Waals surface area contributed by atoms with Crippen LogP contribution < -0.4 is 0 Å². The third-order valence-electron chi connectivity index (χ3n) is 6.09. The van der Waals surface area contributed by atoms with Crippen LogP contribution in [0, 0.1) is 17.8 Å². The van der Waals surface area contributed by atoms with Gasteiger partial charge in [0.25, 0.3) is 0 Å². The third-order valence-corrected chi connectivity index (χ3v) is 6.09. The van der Waals surface area contributed by atoms with E-state index in [-0.39, 0.29) is 18.4 Å². The van der Waals surface area contributed by atoms with E-state index in [0.717, 1.165) is 58.5 Å². The quantitative estimate of drug-likeness (QED) is 0.798. The first-order valence-corrected chi connectivity index (χ1v) is 10.0. The maximum absolute atomic E-state index is 12.9. The fraction of sp³-hybridized carbons (Fsp3) is 0.947. The Hall–Kier alpha value is -0.690. The molecule has 0 aliphatic carbocycles. The molecule has 1 N–H and O–H groups in total. The third kappa shape index (κ3) is 5.39. The van der Waals surface area contributed by atoms with Crippen LogP contribution >= 0.6 is 0 Å². The standard InChI is InChI=1S/C19H35N3O3/c1-20-5-2-6-21(8-7-20)12-16-11-17(15-23)14-22(13-16)19(24)18-3-9-25-10-4-18/h16-18,23H,2-15H2,1H3/t16-,17+/m0/s1. The maximum Gasteiger partial charge on any atom is 0.225 e. The van der Waals surface area contributed by atoms with Gasteiger partial charge >= 0.3 is 0 Å². The summed E-state index contributed by atoms with van der Waals surface area (Å²) in [6.45, 7) is 8.82. The van der Waals surface area contributed by atoms with Crippen molar-refractivity contribution in [3.05, 3.63) is 0 Å². The maximum atomic E-state index is 12.9. The SMILES string of the molecule is CN1CCCN(C[C@@H]2C[C@@H](CO)CN(C(=O)C3CCOCC3)C2)CC1. The fourth-order valence-electron chi connectivity index (χ4n) is 4.61. The summed E-state index contributed by atoms with van der Waals surface area (Å²) in [6, 6.07) is 0. The van der Waals surface area contributed by atoms with E-state index in [1.165, 1.54) is 13.0 Å². The van der Waals surface area contributed by atoms with Crippen molar-refractivity contribution in [1.82, 2.24) is 14.7 Å². The number of likely N-dealkylation sites (tertiary alicyclic amines) is 1. The molecule has 0 aromatic heterocycles. The smallest absolute Gasteiger partial charge is 0.225 e. The lowest BCUT2D eigenvalue weighted by molar-refractivity contribution is -0.142. The molecule has 3 aliphatic rings. The van der Waals surface area contributed by atoms with E-state index in [1.54, 1.807) is 0 Å². The van der Waals surface area contributed by atoms with Gasteiger partial charge in [-0.3, -0.25) is 4.79 Å². The molecule has 0 aromatic carbocycles. The van der Waals surface area contributed by atoms with Gasteiger partial charge in [-0.25, -0.2) is 0 Å². The zero-order valence-electron chi connectivity index (χ0n) is 15.7. The molecule has 144 valence electrons. The van der Waals surface area contributed by atoms with E-state index in [2.05, 4.69) is 21.7 Å². The summed E-state index contributed by atoms with van der Waals surface area (Å²) in [7, 11) is 2.19. The van der Waals surface area contributed by atoms with Gasteiger partial charge in [0.1, 0.15) is 0 Å². The highest BCUT2D eigenvalue weighted by atomic mass is 16.5. The summed E-state index contributed by atoms with van der Waals surface area (Å²) < 4.78 is 5.40. The predicted molar refractivity (Wildman–Crippen MR) is 97.4 cm³/mol. The van der Waals surface area contributed by atoms with Gasteiger partial charge in [-0.15, -0.1) is 0 Å². The number of hydrogen-bond acceptors (Lipinski definition) is 5. The van der Waals surface area contributed by atoms with Crippen molar-refractivity contribution in [2.75, 3.05) is 72.7 Å². The number of amides is 1. The van der Waals surface area contributed by atoms with E-state index < -0.39 is 0 Å². The number of piperidine rings is 1. The number of aliphatic hydroxyl groups excluding tert-OH is 1. The average Bonchev–Trinajstić information content (AvgIpc) is 2.85. The van der Waals surface area contributed by atoms with Gasteiger partial charge in [0.15, 0.2) is 0 Å². The van der Waals surface area contributed by atoms with Crippen LogP contribution in [0.4, 0.5) is 0 Å². The van der Waals surface area contributed by atoms with Crippen LogP contribution in [0.15, 0.2) is 0 Å². The Balaban J connectivity index is 1.56. The van der Waals surface area contributed by atoms with E-state index in [9.17, 15) is 9.90 Å². The van der Waals surface area contributed by atoms with Crippen LogP contribution in [0.1, 0.15) is 25.7 Å². The lowest BCUT2D eigenvalue weighted by Crippen LogP contribution is -2.50. The molecular weight excluding hydrogens is 318 g/mol. The number of ether oxygens (including phenoxy) is 1. The molecule has 3 rings (SSSR count). The van der Waals surface area contributed by atoms with E-state index in [4.69, 9.17) is 4.74 Å². The summed E-state index contributed by atoms with van der Waals surface area (Å²) in [5.74, 6) is 1.14. The predicted octanol–water partition coefficient (Wildman–Crippen LogP) is 0.508. The Morgan fingerprint density at radius 3 is 2.60 bits per heavy atom. The molecule has 25 heavy (non-hydrogen) atoms. The van der Waals surface area contributed by atoms with Gasteiger partial charge in [0.2, 0.25) is 5.91 Å². The topological polar surface area (TPSA) is 56.2 Å². The van der Waals surface area contributed by atoms with Crippen molar-refractivity contribution in [2.24, 2.45) is 17.8 Å². The monoisotopic (exact) mass is 353 g/mol. The molecule has 0 bridgehead atoms. The minimum atomic E-state index is 0.124. The molecule has 1 amide bonds. The number of nitrogens with zero attached hydrogens (tertiary/aromatic N) is 3. The first-order chi connectivity index (χ1) is 12.2. The summed E-state index contributed by atoms with van der Waals surface area (Å²) >= 11 is 0. The first-order valence-electron chi connectivity index (χ1n) is 10.0. The summed E-state index contributed by atoms with van der Waals surface area (Å²) in [5.41, 5.74) is 0. The highest BCUT2D eigenvalue weighted by molar-refractivity contribution is 5.79. The summed E-state index contributed by atoms with van der Waals surface area (Å²) in [6.07, 6.45) is 3.96. The number of aliphatic hydroxyl groups is 1. The molecule has 6 nitrogen and oxygen atoms in total. The van der Waals surface area contributed by atoms with Gasteiger partial charge in [0, 0.05) is 58.5 Å². The van der Waals surface area contributed by atoms with Gasteiger partial charge in [-0.1, -0.05) is 0 Å². The second-order valence-corrected chi connectivity index (χ2v) is 8.24. The molecule has 3 aliphatic heterocycles. The van der Waals surface area contributed by atoms with Crippen molar-refractivity contribution in [1.29, 1.82) is 0 Å². The number of rotatable bonds is 4. The Kier molecular flexibility index (Phi) is 7.10. The minimum absolute atomic E-state index is 0.124. The number of likely N-dealkylation sites (N-methyl/N-ethyl adjacent to an activating group) is 1. The fourth-order valence-corrected chi connectivity index (χ4v) is 4.61. The highest BCUT2D eigenvalue weighted by Gasteiger charge is 2.34. The van der Waals surface area contributed by atoms with E-state index in [0.29, 0.717) is 25.0 Å². The van der Waals surface area contributed by atoms with Gasteiger partial charge < -0.3 is 24.5 Å². The number of hydrogen-bond donors (Lipinski definition) is 1. The molecule has 3 heterocycles. The second-order valence-electron chi connectivity index (χ2n) is 8.24. The summed E-state index contributed by atoms with van der Waals surface area (Å²) in [4.78, 5) is 19.9. The van der Waals surface area contributed by atoms with E-state index in [1.807, 2.05) is 0 Å². The number of carbonyl (C=O) groups is 1. The Labute approximate surface area is 152 Å². The average molecular weight is 354 g/mol. The zero-order valence-corrected chi connectivity index (χ0v) is 15.7. The second kappa shape index (κ2) is 9.31. The normalized spacial score (nSPS) is 31.0. The number of carbonyl (C=O) groups excluding carboxylic acids is 1. The molecule has 0 aromatic rings. The van der Waals surface area contributed by atoms with Gasteiger partial charge in [0.05, 0.1) is 0 Å². The van der Waals surface area contributed by atoms with Crippen molar-refractivity contribution in [3.8, 4) is 0 Å². The largest absolute Gasteiger partial charge is 0.396 e. The van der Waals surface area contributed by atoms with Gasteiger partial charge in [-0.05, 0) is 57.7 Å². The van der Waals surface area contributed by atoms with Crippen LogP contribution in [0.25, 0.3) is 0 Å². The lowest BCUT2D eigenvalue weighted by Gasteiger charge is -2.41. The van der Waals surface area contributed by atoms with E-state index >= 15 is 0 Å². The lowest BCUT2D eigenvalue weighted by atomic mass is 9.87. The Morgan fingerprint density at radius 2 is 1.84 bits per heavy atom. The van der Waals surface area contributed by atoms with Gasteiger partial charge in [-0.2, -0.15) is 0 Å². The molecule has 6 heteroatoms. The van der Waals surface area contributed by atoms with Crippen LogP contribution in [-0.4, -0.2) is 98.4 Å². The Morgan fingerprint density at radius 1 is 1.08 bits per heavy atom. The van der Waals surface area contributed by atoms with Crippen molar-refractivity contribution in [3.63, 3.8) is 0 Å². The molecule has 3 fully saturated rings. The first kappa shape index (κ1) is 19.1. The minimum Gasteiger partial charge on any atom is -0.396 e. The van der Waals surface area contributed by atoms with Crippen LogP contribution in [0.3, 0.4) is 0 Å². The highest BCUT2D eigenvalue weighted by Crippen LogP contribution is 2.26. The molecule has 0 saturated carbocycles. The Bertz CT molecular complexity index is 428. The molecule has 0 radical (unpaired) electrons.